The normalized spacial score (nSPS) is 13.7. The van der Waals surface area contributed by atoms with Gasteiger partial charge in [0.1, 0.15) is 6.04 Å². The summed E-state index contributed by atoms with van der Waals surface area (Å²) in [7, 11) is 0. The van der Waals surface area contributed by atoms with Gasteiger partial charge < -0.3 is 16.4 Å². The molecule has 0 aromatic heterocycles. The largest absolute Gasteiger partial charge is 0.418 e. The van der Waals surface area contributed by atoms with Gasteiger partial charge in [-0.3, -0.25) is 4.79 Å². The second kappa shape index (κ2) is 5.83. The quantitative estimate of drug-likeness (QED) is 0.752. The first-order chi connectivity index (χ1) is 9.40. The molecule has 0 aliphatic heterocycles. The van der Waals surface area contributed by atoms with Gasteiger partial charge in [-0.1, -0.05) is 0 Å². The van der Waals surface area contributed by atoms with Crippen molar-refractivity contribution in [2.75, 3.05) is 11.1 Å². The summed E-state index contributed by atoms with van der Waals surface area (Å²) >= 11 is 0. The summed E-state index contributed by atoms with van der Waals surface area (Å²) in [5.41, 5.74) is 3.88. The molecule has 0 aliphatic rings. The standard InChI is InChI=1S/C14H20F3N3O/c1-8(12(21)20-13(2,3)4)19-11-6-5-9(18)7-10(11)14(15,16)17/h5-8,19H,18H2,1-4H3,(H,20,21). The number of halogens is 3. The molecule has 1 rings (SSSR count). The van der Waals surface area contributed by atoms with Crippen molar-refractivity contribution >= 4 is 17.3 Å². The monoisotopic (exact) mass is 303 g/mol. The molecule has 0 heterocycles. The first-order valence-corrected chi connectivity index (χ1v) is 6.45. The molecular weight excluding hydrogens is 283 g/mol. The van der Waals surface area contributed by atoms with E-state index in [1.165, 1.54) is 19.1 Å². The Hall–Kier alpha value is -1.92. The van der Waals surface area contributed by atoms with Crippen LogP contribution in [0.5, 0.6) is 0 Å². The Bertz CT molecular complexity index is 521. The minimum Gasteiger partial charge on any atom is -0.399 e. The average molecular weight is 303 g/mol. The number of benzene rings is 1. The Morgan fingerprint density at radius 3 is 2.29 bits per heavy atom. The van der Waals surface area contributed by atoms with E-state index in [0.717, 1.165) is 6.07 Å². The summed E-state index contributed by atoms with van der Waals surface area (Å²) < 4.78 is 38.9. The van der Waals surface area contributed by atoms with E-state index in [9.17, 15) is 18.0 Å². The molecule has 4 N–H and O–H groups in total. The van der Waals surface area contributed by atoms with Crippen LogP contribution in [-0.2, 0) is 11.0 Å². The minimum atomic E-state index is -4.54. The molecule has 1 aromatic carbocycles. The van der Waals surface area contributed by atoms with E-state index in [-0.39, 0.29) is 17.3 Å². The van der Waals surface area contributed by atoms with E-state index in [2.05, 4.69) is 10.6 Å². The summed E-state index contributed by atoms with van der Waals surface area (Å²) in [6, 6.07) is 2.61. The lowest BCUT2D eigenvalue weighted by Gasteiger charge is -2.25. The smallest absolute Gasteiger partial charge is 0.399 e. The number of hydrogen-bond acceptors (Lipinski definition) is 3. The van der Waals surface area contributed by atoms with Crippen molar-refractivity contribution < 1.29 is 18.0 Å². The van der Waals surface area contributed by atoms with Crippen LogP contribution in [0, 0.1) is 0 Å². The second-order valence-electron chi connectivity index (χ2n) is 5.91. The molecule has 0 saturated heterocycles. The third kappa shape index (κ3) is 5.17. The van der Waals surface area contributed by atoms with E-state index in [1.807, 2.05) is 0 Å². The van der Waals surface area contributed by atoms with Gasteiger partial charge >= 0.3 is 6.18 Å². The highest BCUT2D eigenvalue weighted by Gasteiger charge is 2.34. The third-order valence-corrected chi connectivity index (χ3v) is 2.61. The van der Waals surface area contributed by atoms with Crippen LogP contribution in [0.15, 0.2) is 18.2 Å². The molecular formula is C14H20F3N3O. The topological polar surface area (TPSA) is 67.1 Å². The second-order valence-corrected chi connectivity index (χ2v) is 5.91. The van der Waals surface area contributed by atoms with Gasteiger partial charge in [0, 0.05) is 16.9 Å². The fourth-order valence-electron chi connectivity index (χ4n) is 1.70. The zero-order valence-corrected chi connectivity index (χ0v) is 12.4. The number of rotatable bonds is 3. The highest BCUT2D eigenvalue weighted by Crippen LogP contribution is 2.36. The summed E-state index contributed by atoms with van der Waals surface area (Å²) in [4.78, 5) is 11.9. The Morgan fingerprint density at radius 2 is 1.81 bits per heavy atom. The number of nitrogens with two attached hydrogens (primary N) is 1. The van der Waals surface area contributed by atoms with Crippen LogP contribution in [0.3, 0.4) is 0 Å². The van der Waals surface area contributed by atoms with Crippen LogP contribution in [0.4, 0.5) is 24.5 Å². The number of anilines is 2. The van der Waals surface area contributed by atoms with Crippen LogP contribution in [0.2, 0.25) is 0 Å². The van der Waals surface area contributed by atoms with Crippen LogP contribution in [0.1, 0.15) is 33.3 Å². The Kier molecular flexibility index (Phi) is 4.76. The summed E-state index contributed by atoms with van der Waals surface area (Å²) in [6.45, 7) is 6.88. The maximum Gasteiger partial charge on any atom is 0.418 e. The van der Waals surface area contributed by atoms with Gasteiger partial charge in [0.15, 0.2) is 0 Å². The van der Waals surface area contributed by atoms with E-state index in [1.54, 1.807) is 20.8 Å². The molecule has 1 aromatic rings. The zero-order chi connectivity index (χ0) is 16.4. The number of carbonyl (C=O) groups excluding carboxylic acids is 1. The summed E-state index contributed by atoms with van der Waals surface area (Å²) in [5.74, 6) is -0.382. The van der Waals surface area contributed by atoms with E-state index in [0.29, 0.717) is 0 Å². The van der Waals surface area contributed by atoms with E-state index in [4.69, 9.17) is 5.73 Å². The van der Waals surface area contributed by atoms with Gasteiger partial charge in [0.25, 0.3) is 0 Å². The van der Waals surface area contributed by atoms with Crippen molar-refractivity contribution in [3.8, 4) is 0 Å². The maximum absolute atomic E-state index is 13.0. The lowest BCUT2D eigenvalue weighted by atomic mass is 10.1. The van der Waals surface area contributed by atoms with Crippen LogP contribution < -0.4 is 16.4 Å². The van der Waals surface area contributed by atoms with Crippen LogP contribution in [0.25, 0.3) is 0 Å². The highest BCUT2D eigenvalue weighted by atomic mass is 19.4. The molecule has 1 atom stereocenters. The SMILES string of the molecule is CC(Nc1ccc(N)cc1C(F)(F)F)C(=O)NC(C)(C)C. The third-order valence-electron chi connectivity index (χ3n) is 2.61. The molecule has 1 unspecified atom stereocenters. The molecule has 0 radical (unpaired) electrons. The average Bonchev–Trinajstić information content (AvgIpc) is 2.27. The van der Waals surface area contributed by atoms with Crippen molar-refractivity contribution in [3.05, 3.63) is 23.8 Å². The number of carbonyl (C=O) groups is 1. The molecule has 0 saturated carbocycles. The molecule has 0 spiro atoms. The molecule has 7 heteroatoms. The highest BCUT2D eigenvalue weighted by molar-refractivity contribution is 5.85. The van der Waals surface area contributed by atoms with Crippen molar-refractivity contribution in [1.29, 1.82) is 0 Å². The van der Waals surface area contributed by atoms with Gasteiger partial charge in [-0.15, -0.1) is 0 Å². The van der Waals surface area contributed by atoms with Crippen molar-refractivity contribution in [1.82, 2.24) is 5.32 Å². The molecule has 118 valence electrons. The Labute approximate surface area is 121 Å². The Balaban J connectivity index is 2.95. The number of nitrogens with one attached hydrogen (secondary N) is 2. The van der Waals surface area contributed by atoms with Crippen LogP contribution >= 0.6 is 0 Å². The minimum absolute atomic E-state index is 0.0136. The first kappa shape index (κ1) is 17.1. The molecule has 0 aliphatic carbocycles. The van der Waals surface area contributed by atoms with Crippen molar-refractivity contribution in [3.63, 3.8) is 0 Å². The van der Waals surface area contributed by atoms with Crippen molar-refractivity contribution in [2.45, 2.75) is 45.5 Å². The molecule has 0 fully saturated rings. The number of nitrogen functional groups attached to an aromatic ring is 1. The van der Waals surface area contributed by atoms with E-state index < -0.39 is 23.3 Å². The van der Waals surface area contributed by atoms with Crippen molar-refractivity contribution in [2.24, 2.45) is 0 Å². The predicted molar refractivity (Wildman–Crippen MR) is 76.8 cm³/mol. The van der Waals surface area contributed by atoms with Crippen LogP contribution in [-0.4, -0.2) is 17.5 Å². The fourth-order valence-corrected chi connectivity index (χ4v) is 1.70. The fraction of sp³-hybridized carbons (Fsp3) is 0.500. The lowest BCUT2D eigenvalue weighted by molar-refractivity contribution is -0.137. The number of alkyl halides is 3. The Morgan fingerprint density at radius 1 is 1.24 bits per heavy atom. The molecule has 4 nitrogen and oxygen atoms in total. The summed E-state index contributed by atoms with van der Waals surface area (Å²) in [5, 5.41) is 5.28. The maximum atomic E-state index is 13.0. The molecule has 1 amide bonds. The number of hydrogen-bond donors (Lipinski definition) is 3. The van der Waals surface area contributed by atoms with Gasteiger partial charge in [-0.05, 0) is 45.9 Å². The predicted octanol–water partition coefficient (Wildman–Crippen LogP) is 3.00. The van der Waals surface area contributed by atoms with Gasteiger partial charge in [0.05, 0.1) is 5.56 Å². The number of amides is 1. The molecule has 21 heavy (non-hydrogen) atoms. The molecule has 0 bridgehead atoms. The lowest BCUT2D eigenvalue weighted by Crippen LogP contribution is -2.47. The van der Waals surface area contributed by atoms with Gasteiger partial charge in [-0.25, -0.2) is 0 Å². The van der Waals surface area contributed by atoms with Gasteiger partial charge in [0.2, 0.25) is 5.91 Å². The summed E-state index contributed by atoms with van der Waals surface area (Å²) in [6.07, 6.45) is -4.54. The van der Waals surface area contributed by atoms with E-state index >= 15 is 0 Å². The first-order valence-electron chi connectivity index (χ1n) is 6.45. The zero-order valence-electron chi connectivity index (χ0n) is 12.4. The van der Waals surface area contributed by atoms with Gasteiger partial charge in [-0.2, -0.15) is 13.2 Å².